The molecule has 0 bridgehead atoms. The molecule has 6 heteroatoms. The third-order valence-electron chi connectivity index (χ3n) is 7.71. The highest BCUT2D eigenvalue weighted by Gasteiger charge is 2.38. The van der Waals surface area contributed by atoms with Crippen molar-refractivity contribution >= 4 is 11.8 Å². The van der Waals surface area contributed by atoms with Crippen molar-refractivity contribution in [3.8, 4) is 5.75 Å². The molecule has 1 heterocycles. The maximum Gasteiger partial charge on any atom is 0.237 e. The van der Waals surface area contributed by atoms with Gasteiger partial charge < -0.3 is 15.0 Å². The van der Waals surface area contributed by atoms with Crippen LogP contribution < -0.4 is 10.1 Å². The average molecular weight is 442 g/mol. The fourth-order valence-corrected chi connectivity index (χ4v) is 5.83. The van der Waals surface area contributed by atoms with Crippen molar-refractivity contribution in [2.24, 2.45) is 11.8 Å². The summed E-state index contributed by atoms with van der Waals surface area (Å²) in [6.45, 7) is 3.79. The van der Waals surface area contributed by atoms with Crippen LogP contribution in [0.1, 0.15) is 56.9 Å². The van der Waals surface area contributed by atoms with Crippen LogP contribution in [-0.4, -0.2) is 67.5 Å². The molecule has 0 spiro atoms. The van der Waals surface area contributed by atoms with Gasteiger partial charge in [0, 0.05) is 38.6 Å². The van der Waals surface area contributed by atoms with Crippen LogP contribution >= 0.6 is 0 Å². The topological polar surface area (TPSA) is 61.9 Å². The van der Waals surface area contributed by atoms with Gasteiger partial charge in [-0.15, -0.1) is 0 Å². The summed E-state index contributed by atoms with van der Waals surface area (Å²) < 4.78 is 5.22. The van der Waals surface area contributed by atoms with Gasteiger partial charge in [-0.2, -0.15) is 0 Å². The number of benzene rings is 1. The summed E-state index contributed by atoms with van der Waals surface area (Å²) in [4.78, 5) is 30.5. The average Bonchev–Trinajstić information content (AvgIpc) is 3.55. The van der Waals surface area contributed by atoms with Crippen molar-refractivity contribution < 1.29 is 14.3 Å². The standard InChI is InChI=1S/C26H39N3O3/c1-32-23-12-10-20(11-13-23)14-15-27-25(30)24(21-6-2-3-7-21)28-16-18-29(19-17-28)26(31)22-8-4-5-9-22/h10-13,21-22,24H,2-9,14-19H2,1H3,(H,27,30)/t24-/m1/s1. The molecule has 1 aliphatic heterocycles. The third kappa shape index (κ3) is 5.64. The first-order valence-corrected chi connectivity index (χ1v) is 12.6. The van der Waals surface area contributed by atoms with Gasteiger partial charge in [0.1, 0.15) is 5.75 Å². The van der Waals surface area contributed by atoms with E-state index in [1.165, 1.54) is 31.2 Å². The molecule has 1 aromatic rings. The van der Waals surface area contributed by atoms with E-state index in [-0.39, 0.29) is 17.9 Å². The van der Waals surface area contributed by atoms with Crippen LogP contribution in [0.2, 0.25) is 0 Å². The van der Waals surface area contributed by atoms with Gasteiger partial charge in [-0.3, -0.25) is 14.5 Å². The minimum absolute atomic E-state index is 0.0582. The maximum atomic E-state index is 13.3. The van der Waals surface area contributed by atoms with Crippen LogP contribution in [0.15, 0.2) is 24.3 Å². The number of piperazine rings is 1. The van der Waals surface area contributed by atoms with E-state index in [2.05, 4.69) is 27.2 Å². The van der Waals surface area contributed by atoms with E-state index in [1.54, 1.807) is 7.11 Å². The Hall–Kier alpha value is -2.08. The van der Waals surface area contributed by atoms with Gasteiger partial charge in [0.05, 0.1) is 13.2 Å². The molecular weight excluding hydrogens is 402 g/mol. The second-order valence-corrected chi connectivity index (χ2v) is 9.72. The quantitative estimate of drug-likeness (QED) is 0.673. The number of hydrogen-bond acceptors (Lipinski definition) is 4. The monoisotopic (exact) mass is 441 g/mol. The molecule has 4 rings (SSSR count). The summed E-state index contributed by atoms with van der Waals surface area (Å²) in [5, 5.41) is 3.22. The number of methoxy groups -OCH3 is 1. The van der Waals surface area contributed by atoms with Crippen LogP contribution in [0.3, 0.4) is 0 Å². The first kappa shape index (κ1) is 23.1. The Morgan fingerprint density at radius 2 is 1.59 bits per heavy atom. The van der Waals surface area contributed by atoms with Gasteiger partial charge in [-0.25, -0.2) is 0 Å². The lowest BCUT2D eigenvalue weighted by Crippen LogP contribution is -2.58. The van der Waals surface area contributed by atoms with Crippen molar-refractivity contribution in [1.29, 1.82) is 0 Å². The first-order valence-electron chi connectivity index (χ1n) is 12.6. The first-order chi connectivity index (χ1) is 15.7. The van der Waals surface area contributed by atoms with Gasteiger partial charge in [0.25, 0.3) is 0 Å². The summed E-state index contributed by atoms with van der Waals surface area (Å²) in [6.07, 6.45) is 10.0. The zero-order chi connectivity index (χ0) is 22.3. The largest absolute Gasteiger partial charge is 0.497 e. The minimum atomic E-state index is -0.0582. The van der Waals surface area contributed by atoms with Crippen molar-refractivity contribution in [3.63, 3.8) is 0 Å². The Kier molecular flexibility index (Phi) is 8.06. The lowest BCUT2D eigenvalue weighted by Gasteiger charge is -2.41. The molecule has 1 saturated heterocycles. The molecule has 2 aliphatic carbocycles. The number of rotatable bonds is 8. The van der Waals surface area contributed by atoms with E-state index < -0.39 is 0 Å². The molecule has 1 N–H and O–H groups in total. The van der Waals surface area contributed by atoms with Gasteiger partial charge in [0.15, 0.2) is 0 Å². The lowest BCUT2D eigenvalue weighted by molar-refractivity contribution is -0.138. The Labute approximate surface area is 192 Å². The van der Waals surface area contributed by atoms with Crippen LogP contribution in [-0.2, 0) is 16.0 Å². The van der Waals surface area contributed by atoms with E-state index in [1.807, 2.05) is 12.1 Å². The highest BCUT2D eigenvalue weighted by molar-refractivity contribution is 5.82. The van der Waals surface area contributed by atoms with E-state index in [0.717, 1.165) is 64.0 Å². The Morgan fingerprint density at radius 1 is 0.969 bits per heavy atom. The number of ether oxygens (including phenoxy) is 1. The number of hydrogen-bond donors (Lipinski definition) is 1. The normalized spacial score (nSPS) is 21.6. The third-order valence-corrected chi connectivity index (χ3v) is 7.71. The molecule has 0 radical (unpaired) electrons. The number of nitrogens with one attached hydrogen (secondary N) is 1. The Bertz CT molecular complexity index is 746. The molecule has 6 nitrogen and oxygen atoms in total. The summed E-state index contributed by atoms with van der Waals surface area (Å²) in [5.41, 5.74) is 1.20. The molecule has 2 amide bonds. The van der Waals surface area contributed by atoms with E-state index in [4.69, 9.17) is 4.74 Å². The van der Waals surface area contributed by atoms with Gasteiger partial charge >= 0.3 is 0 Å². The van der Waals surface area contributed by atoms with Crippen LogP contribution in [0.5, 0.6) is 5.75 Å². The molecule has 176 valence electrons. The Morgan fingerprint density at radius 3 is 2.22 bits per heavy atom. The fraction of sp³-hybridized carbons (Fsp3) is 0.692. The number of amides is 2. The predicted octanol–water partition coefficient (Wildman–Crippen LogP) is 3.25. The lowest BCUT2D eigenvalue weighted by atomic mass is 9.94. The molecule has 32 heavy (non-hydrogen) atoms. The molecule has 1 aromatic carbocycles. The minimum Gasteiger partial charge on any atom is -0.497 e. The summed E-state index contributed by atoms with van der Waals surface area (Å²) >= 11 is 0. The molecule has 0 aromatic heterocycles. The Balaban J connectivity index is 1.30. The number of carbonyl (C=O) groups excluding carboxylic acids is 2. The predicted molar refractivity (Wildman–Crippen MR) is 126 cm³/mol. The SMILES string of the molecule is COc1ccc(CCNC(=O)[C@@H](C2CCCC2)N2CCN(C(=O)C3CCCC3)CC2)cc1. The smallest absolute Gasteiger partial charge is 0.237 e. The van der Waals surface area contributed by atoms with Gasteiger partial charge in [0.2, 0.25) is 11.8 Å². The van der Waals surface area contributed by atoms with Crippen molar-refractivity contribution in [2.45, 2.75) is 63.8 Å². The fourth-order valence-electron chi connectivity index (χ4n) is 5.83. The molecular formula is C26H39N3O3. The van der Waals surface area contributed by atoms with Crippen molar-refractivity contribution in [1.82, 2.24) is 15.1 Å². The van der Waals surface area contributed by atoms with Crippen LogP contribution in [0.4, 0.5) is 0 Å². The summed E-state index contributed by atoms with van der Waals surface area (Å²) in [6, 6.07) is 7.98. The maximum absolute atomic E-state index is 13.3. The summed E-state index contributed by atoms with van der Waals surface area (Å²) in [7, 11) is 1.67. The highest BCUT2D eigenvalue weighted by atomic mass is 16.5. The van der Waals surface area contributed by atoms with Crippen LogP contribution in [0.25, 0.3) is 0 Å². The van der Waals surface area contributed by atoms with Crippen molar-refractivity contribution in [3.05, 3.63) is 29.8 Å². The van der Waals surface area contributed by atoms with E-state index in [9.17, 15) is 9.59 Å². The second-order valence-electron chi connectivity index (χ2n) is 9.72. The molecule has 1 atom stereocenters. The molecule has 3 fully saturated rings. The van der Waals surface area contributed by atoms with Crippen molar-refractivity contribution in [2.75, 3.05) is 39.8 Å². The van der Waals surface area contributed by atoms with E-state index in [0.29, 0.717) is 18.4 Å². The zero-order valence-electron chi connectivity index (χ0n) is 19.6. The molecule has 3 aliphatic rings. The number of nitrogens with zero attached hydrogens (tertiary/aromatic N) is 2. The zero-order valence-corrected chi connectivity index (χ0v) is 19.6. The van der Waals surface area contributed by atoms with Gasteiger partial charge in [-0.05, 0) is 55.7 Å². The van der Waals surface area contributed by atoms with Crippen LogP contribution in [0, 0.1) is 11.8 Å². The molecule has 2 saturated carbocycles. The van der Waals surface area contributed by atoms with E-state index >= 15 is 0 Å². The number of carbonyl (C=O) groups is 2. The van der Waals surface area contributed by atoms with Gasteiger partial charge in [-0.1, -0.05) is 37.8 Å². The molecule has 0 unspecified atom stereocenters. The second kappa shape index (κ2) is 11.2. The summed E-state index contributed by atoms with van der Waals surface area (Å²) in [5.74, 6) is 2.05. The highest BCUT2D eigenvalue weighted by Crippen LogP contribution is 2.32.